The molecule has 0 aromatic rings. The third-order valence-electron chi connectivity index (χ3n) is 0.475. The van der Waals surface area contributed by atoms with E-state index in [1.807, 2.05) is 0 Å². The normalized spacial score (nSPS) is 12.0. The zero-order valence-electron chi connectivity index (χ0n) is 4.07. The summed E-state index contributed by atoms with van der Waals surface area (Å²) in [6, 6.07) is 0. The summed E-state index contributed by atoms with van der Waals surface area (Å²) in [4.78, 5) is 0. The van der Waals surface area contributed by atoms with Crippen molar-refractivity contribution in [2.24, 2.45) is 0 Å². The summed E-state index contributed by atoms with van der Waals surface area (Å²) >= 11 is 0. The molecule has 0 saturated carbocycles. The molecule has 7 heavy (non-hydrogen) atoms. The van der Waals surface area contributed by atoms with Crippen LogP contribution in [-0.4, -0.2) is 20.5 Å². The van der Waals surface area contributed by atoms with Crippen LogP contribution in [-0.2, 0) is 9.47 Å². The maximum atomic E-state index is 11.4. The average molecular weight is 112 g/mol. The van der Waals surface area contributed by atoms with Crippen molar-refractivity contribution in [3.63, 3.8) is 0 Å². The minimum Gasteiger partial charge on any atom is -0.299 e. The fourth-order valence-corrected chi connectivity index (χ4v) is 0.0833. The predicted octanol–water partition coefficient (Wildman–Crippen LogP) is 0.830. The van der Waals surface area contributed by atoms with Crippen LogP contribution >= 0.6 is 0 Å². The van der Waals surface area contributed by atoms with E-state index < -0.39 is 6.29 Å². The van der Waals surface area contributed by atoms with Crippen LogP contribution in [0.4, 0.5) is 8.78 Å². The van der Waals surface area contributed by atoms with Crippen LogP contribution in [0.1, 0.15) is 0 Å². The van der Waals surface area contributed by atoms with E-state index in [9.17, 15) is 8.78 Å². The highest BCUT2D eigenvalue weighted by Gasteiger charge is 2.26. The Balaban J connectivity index is 3.36. The quantitative estimate of drug-likeness (QED) is 0.492. The molecule has 0 saturated heterocycles. The third-order valence-corrected chi connectivity index (χ3v) is 0.475. The van der Waals surface area contributed by atoms with Crippen LogP contribution in [0.15, 0.2) is 0 Å². The highest BCUT2D eigenvalue weighted by molar-refractivity contribution is 4.20. The molecule has 0 aromatic carbocycles. The Hall–Kier alpha value is -0.220. The molecule has 0 bridgehead atoms. The van der Waals surface area contributed by atoms with Gasteiger partial charge < -0.3 is 0 Å². The van der Waals surface area contributed by atoms with Gasteiger partial charge in [0.25, 0.3) is 0 Å². The topological polar surface area (TPSA) is 18.5 Å². The molecule has 0 aliphatic rings. The van der Waals surface area contributed by atoms with Gasteiger partial charge in [-0.1, -0.05) is 0 Å². The zero-order valence-corrected chi connectivity index (χ0v) is 4.07. The fraction of sp³-hybridized carbons (Fsp3) is 1.00. The van der Waals surface area contributed by atoms with Crippen molar-refractivity contribution < 1.29 is 18.3 Å². The number of hydrogen-bond acceptors (Lipinski definition) is 2. The Morgan fingerprint density at radius 1 is 1.14 bits per heavy atom. The van der Waals surface area contributed by atoms with Crippen LogP contribution < -0.4 is 0 Å². The van der Waals surface area contributed by atoms with E-state index >= 15 is 0 Å². The van der Waals surface area contributed by atoms with Crippen LogP contribution in [0.2, 0.25) is 0 Å². The number of hydrogen-bond donors (Lipinski definition) is 0. The predicted molar refractivity (Wildman–Crippen MR) is 19.0 cm³/mol. The van der Waals surface area contributed by atoms with Crippen molar-refractivity contribution in [2.45, 2.75) is 6.29 Å². The second kappa shape index (κ2) is 2.18. The first-order valence-electron chi connectivity index (χ1n) is 1.60. The van der Waals surface area contributed by atoms with Crippen molar-refractivity contribution in [3.8, 4) is 0 Å². The number of alkyl halides is 2. The molecule has 0 unspecified atom stereocenters. The summed E-state index contributed by atoms with van der Waals surface area (Å²) in [6.07, 6.45) is -3.42. The molecule has 0 spiro atoms. The number of rotatable bonds is 2. The Bertz CT molecular complexity index is 48.9. The lowest BCUT2D eigenvalue weighted by Crippen LogP contribution is -2.20. The van der Waals surface area contributed by atoms with E-state index in [1.54, 1.807) is 0 Å². The van der Waals surface area contributed by atoms with Gasteiger partial charge in [0.1, 0.15) is 0 Å². The van der Waals surface area contributed by atoms with E-state index in [0.29, 0.717) is 0 Å². The van der Waals surface area contributed by atoms with Gasteiger partial charge in [-0.3, -0.25) is 9.47 Å². The van der Waals surface area contributed by atoms with E-state index in [0.717, 1.165) is 14.2 Å². The molecule has 0 radical (unpaired) electrons. The second-order valence-electron chi connectivity index (χ2n) is 0.872. The van der Waals surface area contributed by atoms with Gasteiger partial charge in [0, 0.05) is 14.2 Å². The van der Waals surface area contributed by atoms with Gasteiger partial charge in [0.2, 0.25) is 0 Å². The first-order chi connectivity index (χ1) is 3.12. The van der Waals surface area contributed by atoms with E-state index in [2.05, 4.69) is 9.47 Å². The Labute approximate surface area is 40.0 Å². The van der Waals surface area contributed by atoms with Gasteiger partial charge in [0.15, 0.2) is 0 Å². The summed E-state index contributed by atoms with van der Waals surface area (Å²) in [5, 5.41) is 0. The average Bonchev–Trinajstić information content (AvgIpc) is 1.68. The van der Waals surface area contributed by atoms with E-state index in [4.69, 9.17) is 0 Å². The van der Waals surface area contributed by atoms with Crippen LogP contribution in [0.25, 0.3) is 0 Å². The molecule has 0 aromatic heterocycles. The second-order valence-corrected chi connectivity index (χ2v) is 0.872. The maximum absolute atomic E-state index is 11.4. The Morgan fingerprint density at radius 2 is 1.43 bits per heavy atom. The fourth-order valence-electron chi connectivity index (χ4n) is 0.0833. The van der Waals surface area contributed by atoms with Crippen molar-refractivity contribution in [2.75, 3.05) is 14.2 Å². The molecule has 0 aliphatic heterocycles. The molecule has 0 aliphatic carbocycles. The molecular formula is C3H6F2O2. The molecular weight excluding hydrogens is 106 g/mol. The van der Waals surface area contributed by atoms with Gasteiger partial charge in [-0.15, -0.1) is 8.78 Å². The molecule has 4 heteroatoms. The smallest absolute Gasteiger partial charge is 0.299 e. The van der Waals surface area contributed by atoms with E-state index in [1.165, 1.54) is 0 Å². The molecule has 44 valence electrons. The molecule has 0 fully saturated rings. The number of methoxy groups -OCH3 is 2. The summed E-state index contributed by atoms with van der Waals surface area (Å²) in [5.41, 5.74) is 0. The molecule has 0 heterocycles. The summed E-state index contributed by atoms with van der Waals surface area (Å²) in [6.45, 7) is 0. The highest BCUT2D eigenvalue weighted by atomic mass is 19.3. The van der Waals surface area contributed by atoms with Gasteiger partial charge in [-0.25, -0.2) is 0 Å². The summed E-state index contributed by atoms with van der Waals surface area (Å²) < 4.78 is 29.9. The van der Waals surface area contributed by atoms with Crippen molar-refractivity contribution in [3.05, 3.63) is 0 Å². The molecule has 0 rings (SSSR count). The maximum Gasteiger partial charge on any atom is 0.484 e. The van der Waals surface area contributed by atoms with Crippen molar-refractivity contribution >= 4 is 0 Å². The summed E-state index contributed by atoms with van der Waals surface area (Å²) in [5.74, 6) is 0. The largest absolute Gasteiger partial charge is 0.484 e. The first kappa shape index (κ1) is 6.78. The van der Waals surface area contributed by atoms with Gasteiger partial charge in [0.05, 0.1) is 0 Å². The number of ether oxygens (including phenoxy) is 2. The van der Waals surface area contributed by atoms with Gasteiger partial charge >= 0.3 is 6.29 Å². The molecule has 0 amide bonds. The SMILES string of the molecule is COC(F)(F)OC. The monoisotopic (exact) mass is 112 g/mol. The lowest BCUT2D eigenvalue weighted by atomic mass is 11.2. The minimum atomic E-state index is -3.42. The van der Waals surface area contributed by atoms with Gasteiger partial charge in [-0.05, 0) is 0 Å². The number of halogens is 2. The standard InChI is InChI=1S/C3H6F2O2/c1-6-3(4,5)7-2/h1-2H3. The van der Waals surface area contributed by atoms with Crippen LogP contribution in [0, 0.1) is 0 Å². The minimum absolute atomic E-state index is 0.865. The summed E-state index contributed by atoms with van der Waals surface area (Å²) in [7, 11) is 1.73. The van der Waals surface area contributed by atoms with E-state index in [-0.39, 0.29) is 0 Å². The van der Waals surface area contributed by atoms with Crippen molar-refractivity contribution in [1.29, 1.82) is 0 Å². The van der Waals surface area contributed by atoms with Crippen LogP contribution in [0.5, 0.6) is 0 Å². The highest BCUT2D eigenvalue weighted by Crippen LogP contribution is 2.12. The lowest BCUT2D eigenvalue weighted by molar-refractivity contribution is -0.372. The van der Waals surface area contributed by atoms with Crippen molar-refractivity contribution in [1.82, 2.24) is 0 Å². The molecule has 0 atom stereocenters. The molecule has 0 N–H and O–H groups in total. The third kappa shape index (κ3) is 2.47. The van der Waals surface area contributed by atoms with Gasteiger partial charge in [-0.2, -0.15) is 0 Å². The lowest BCUT2D eigenvalue weighted by Gasteiger charge is -2.08. The Morgan fingerprint density at radius 3 is 1.43 bits per heavy atom. The van der Waals surface area contributed by atoms with Crippen LogP contribution in [0.3, 0.4) is 0 Å². The zero-order chi connectivity index (χ0) is 5.91. The molecule has 2 nitrogen and oxygen atoms in total. The first-order valence-corrected chi connectivity index (χ1v) is 1.60. The Kier molecular flexibility index (Phi) is 2.11.